The number of halogens is 2. The predicted octanol–water partition coefficient (Wildman–Crippen LogP) is 2.51. The lowest BCUT2D eigenvalue weighted by Crippen LogP contribution is -1.96. The maximum atomic E-state index is 13.2. The Morgan fingerprint density at radius 3 is 2.69 bits per heavy atom. The lowest BCUT2D eigenvalue weighted by Gasteiger charge is -2.02. The van der Waals surface area contributed by atoms with Crippen LogP contribution in [0.5, 0.6) is 5.75 Å². The van der Waals surface area contributed by atoms with Gasteiger partial charge in [0.2, 0.25) is 5.82 Å². The number of methoxy groups -OCH3 is 1. The molecular formula is C7H5BrFNO3. The van der Waals surface area contributed by atoms with Crippen LogP contribution in [-0.2, 0) is 0 Å². The van der Waals surface area contributed by atoms with Crippen LogP contribution < -0.4 is 4.74 Å². The third-order valence-electron chi connectivity index (χ3n) is 1.43. The van der Waals surface area contributed by atoms with Gasteiger partial charge in [-0.2, -0.15) is 4.39 Å². The first-order valence-corrected chi connectivity index (χ1v) is 4.03. The van der Waals surface area contributed by atoms with Crippen molar-refractivity contribution in [3.63, 3.8) is 0 Å². The van der Waals surface area contributed by atoms with Crippen LogP contribution in [0.4, 0.5) is 10.1 Å². The van der Waals surface area contributed by atoms with Gasteiger partial charge < -0.3 is 4.74 Å². The van der Waals surface area contributed by atoms with Gasteiger partial charge in [0.05, 0.1) is 16.5 Å². The normalized spacial score (nSPS) is 9.77. The Morgan fingerprint density at radius 1 is 1.62 bits per heavy atom. The van der Waals surface area contributed by atoms with Crippen molar-refractivity contribution in [2.75, 3.05) is 7.11 Å². The molecule has 70 valence electrons. The molecule has 13 heavy (non-hydrogen) atoms. The molecule has 1 rings (SSSR count). The molecular weight excluding hydrogens is 245 g/mol. The topological polar surface area (TPSA) is 52.4 Å². The SMILES string of the molecule is COc1ccc(Br)c([N+](=O)[O-])c1F. The van der Waals surface area contributed by atoms with E-state index in [0.29, 0.717) is 0 Å². The minimum Gasteiger partial charge on any atom is -0.493 e. The van der Waals surface area contributed by atoms with E-state index in [1.54, 1.807) is 0 Å². The third kappa shape index (κ3) is 1.77. The number of nitro benzene ring substituents is 1. The van der Waals surface area contributed by atoms with Crippen LogP contribution in [0, 0.1) is 15.9 Å². The van der Waals surface area contributed by atoms with E-state index in [9.17, 15) is 14.5 Å². The van der Waals surface area contributed by atoms with E-state index in [4.69, 9.17) is 0 Å². The van der Waals surface area contributed by atoms with Crippen molar-refractivity contribution in [1.82, 2.24) is 0 Å². The van der Waals surface area contributed by atoms with E-state index in [0.717, 1.165) is 0 Å². The molecule has 0 atom stereocenters. The van der Waals surface area contributed by atoms with Crippen LogP contribution in [0.1, 0.15) is 0 Å². The molecule has 0 saturated heterocycles. The molecule has 0 aromatic heterocycles. The van der Waals surface area contributed by atoms with Crippen LogP contribution >= 0.6 is 15.9 Å². The average molecular weight is 250 g/mol. The third-order valence-corrected chi connectivity index (χ3v) is 2.07. The van der Waals surface area contributed by atoms with Crippen molar-refractivity contribution < 1.29 is 14.1 Å². The number of hydrogen-bond acceptors (Lipinski definition) is 3. The summed E-state index contributed by atoms with van der Waals surface area (Å²) in [5, 5.41) is 10.4. The second-order valence-corrected chi connectivity index (χ2v) is 3.02. The first kappa shape index (κ1) is 9.91. The predicted molar refractivity (Wildman–Crippen MR) is 47.3 cm³/mol. The molecule has 0 unspecified atom stereocenters. The van der Waals surface area contributed by atoms with Crippen LogP contribution in [0.2, 0.25) is 0 Å². The summed E-state index contributed by atoms with van der Waals surface area (Å²) < 4.78 is 17.9. The molecule has 0 heterocycles. The van der Waals surface area contributed by atoms with Gasteiger partial charge in [0.25, 0.3) is 0 Å². The van der Waals surface area contributed by atoms with Gasteiger partial charge in [-0.1, -0.05) is 0 Å². The van der Waals surface area contributed by atoms with Gasteiger partial charge in [0, 0.05) is 0 Å². The number of ether oxygens (including phenoxy) is 1. The summed E-state index contributed by atoms with van der Waals surface area (Å²) in [6.45, 7) is 0. The summed E-state index contributed by atoms with van der Waals surface area (Å²) in [6, 6.07) is 2.67. The zero-order valence-corrected chi connectivity index (χ0v) is 8.17. The first-order valence-electron chi connectivity index (χ1n) is 3.24. The van der Waals surface area contributed by atoms with E-state index in [-0.39, 0.29) is 10.2 Å². The summed E-state index contributed by atoms with van der Waals surface area (Å²) >= 11 is 2.87. The molecule has 1 aromatic rings. The zero-order chi connectivity index (χ0) is 10.0. The summed E-state index contributed by atoms with van der Waals surface area (Å²) in [7, 11) is 1.25. The fraction of sp³-hybridized carbons (Fsp3) is 0.143. The second kappa shape index (κ2) is 3.69. The molecule has 1 aromatic carbocycles. The minimum absolute atomic E-state index is 0.0933. The van der Waals surface area contributed by atoms with E-state index < -0.39 is 16.4 Å². The van der Waals surface area contributed by atoms with E-state index in [1.165, 1.54) is 19.2 Å². The highest BCUT2D eigenvalue weighted by molar-refractivity contribution is 9.10. The smallest absolute Gasteiger partial charge is 0.322 e. The highest BCUT2D eigenvalue weighted by Gasteiger charge is 2.22. The van der Waals surface area contributed by atoms with Crippen LogP contribution in [0.3, 0.4) is 0 Å². The van der Waals surface area contributed by atoms with Crippen molar-refractivity contribution in [3.8, 4) is 5.75 Å². The van der Waals surface area contributed by atoms with Crippen molar-refractivity contribution in [2.24, 2.45) is 0 Å². The molecule has 0 aliphatic rings. The summed E-state index contributed by atoms with van der Waals surface area (Å²) in [4.78, 5) is 9.59. The van der Waals surface area contributed by atoms with Gasteiger partial charge in [0.1, 0.15) is 0 Å². The van der Waals surface area contributed by atoms with Crippen LogP contribution in [0.25, 0.3) is 0 Å². The maximum Gasteiger partial charge on any atom is 0.322 e. The fourth-order valence-electron chi connectivity index (χ4n) is 0.847. The molecule has 0 aliphatic heterocycles. The van der Waals surface area contributed by atoms with Gasteiger partial charge in [-0.3, -0.25) is 10.1 Å². The molecule has 0 spiro atoms. The van der Waals surface area contributed by atoms with Gasteiger partial charge in [-0.15, -0.1) is 0 Å². The van der Waals surface area contributed by atoms with Gasteiger partial charge in [-0.05, 0) is 28.1 Å². The van der Waals surface area contributed by atoms with E-state index in [2.05, 4.69) is 20.7 Å². The number of rotatable bonds is 2. The molecule has 4 nitrogen and oxygen atoms in total. The minimum atomic E-state index is -0.970. The number of nitrogens with zero attached hydrogens (tertiary/aromatic N) is 1. The Morgan fingerprint density at radius 2 is 2.23 bits per heavy atom. The molecule has 0 fully saturated rings. The lowest BCUT2D eigenvalue weighted by atomic mass is 10.3. The monoisotopic (exact) mass is 249 g/mol. The van der Waals surface area contributed by atoms with E-state index >= 15 is 0 Å². The lowest BCUT2D eigenvalue weighted by molar-refractivity contribution is -0.388. The molecule has 0 bridgehead atoms. The molecule has 0 N–H and O–H groups in total. The largest absolute Gasteiger partial charge is 0.493 e. The van der Waals surface area contributed by atoms with Crippen LogP contribution in [-0.4, -0.2) is 12.0 Å². The van der Waals surface area contributed by atoms with Crippen molar-refractivity contribution in [3.05, 3.63) is 32.5 Å². The number of nitro groups is 1. The fourth-order valence-corrected chi connectivity index (χ4v) is 1.30. The van der Waals surface area contributed by atoms with Gasteiger partial charge in [-0.25, -0.2) is 0 Å². The van der Waals surface area contributed by atoms with Crippen molar-refractivity contribution in [2.45, 2.75) is 0 Å². The Bertz CT molecular complexity index is 356. The summed E-state index contributed by atoms with van der Waals surface area (Å²) in [5.41, 5.74) is -0.612. The van der Waals surface area contributed by atoms with Crippen molar-refractivity contribution in [1.29, 1.82) is 0 Å². The Balaban J connectivity index is 3.38. The molecule has 0 amide bonds. The van der Waals surface area contributed by atoms with Gasteiger partial charge >= 0.3 is 5.69 Å². The zero-order valence-electron chi connectivity index (χ0n) is 6.58. The quantitative estimate of drug-likeness (QED) is 0.598. The van der Waals surface area contributed by atoms with Crippen molar-refractivity contribution >= 4 is 21.6 Å². The molecule has 0 radical (unpaired) electrons. The Hall–Kier alpha value is -1.17. The molecule has 0 saturated carbocycles. The Kier molecular flexibility index (Phi) is 2.82. The first-order chi connectivity index (χ1) is 6.07. The number of benzene rings is 1. The Labute approximate surface area is 81.6 Å². The summed E-state index contributed by atoms with van der Waals surface area (Å²) in [5.74, 6) is -1.11. The number of hydrogen-bond donors (Lipinski definition) is 0. The van der Waals surface area contributed by atoms with E-state index in [1.807, 2.05) is 0 Å². The standard InChI is InChI=1S/C7H5BrFNO3/c1-13-5-3-2-4(8)7(6(5)9)10(11)12/h2-3H,1H3. The highest BCUT2D eigenvalue weighted by Crippen LogP contribution is 2.33. The highest BCUT2D eigenvalue weighted by atomic mass is 79.9. The van der Waals surface area contributed by atoms with Crippen LogP contribution in [0.15, 0.2) is 16.6 Å². The van der Waals surface area contributed by atoms with Gasteiger partial charge in [0.15, 0.2) is 5.75 Å². The summed E-state index contributed by atoms with van der Waals surface area (Å²) in [6.07, 6.45) is 0. The molecule has 0 aliphatic carbocycles. The maximum absolute atomic E-state index is 13.2. The molecule has 6 heteroatoms. The second-order valence-electron chi connectivity index (χ2n) is 2.17. The average Bonchev–Trinajstić information content (AvgIpc) is 2.04.